The second kappa shape index (κ2) is 8.30. The summed E-state index contributed by atoms with van der Waals surface area (Å²) in [6, 6.07) is 2.28. The Kier molecular flexibility index (Phi) is 7.02. The number of nitrogens with zero attached hydrogens (tertiary/aromatic N) is 2. The Morgan fingerprint density at radius 3 is 2.50 bits per heavy atom. The molecule has 18 heavy (non-hydrogen) atoms. The van der Waals surface area contributed by atoms with Crippen LogP contribution in [0.1, 0.15) is 76.2 Å². The minimum absolute atomic E-state index is 0.150. The van der Waals surface area contributed by atoms with Gasteiger partial charge in [-0.1, -0.05) is 45.4 Å². The van der Waals surface area contributed by atoms with Gasteiger partial charge in [-0.05, 0) is 26.3 Å². The van der Waals surface area contributed by atoms with Crippen molar-refractivity contribution in [2.75, 3.05) is 0 Å². The predicted octanol–water partition coefficient (Wildman–Crippen LogP) is 3.96. The smallest absolute Gasteiger partial charge is 0.0597 e. The fourth-order valence-electron chi connectivity index (χ4n) is 2.41. The van der Waals surface area contributed by atoms with Crippen LogP contribution in [0.25, 0.3) is 0 Å². The Hall–Kier alpha value is -0.830. The van der Waals surface area contributed by atoms with Gasteiger partial charge in [-0.3, -0.25) is 4.68 Å². The highest BCUT2D eigenvalue weighted by Crippen LogP contribution is 2.19. The summed E-state index contributed by atoms with van der Waals surface area (Å²) in [7, 11) is 0. The average Bonchev–Trinajstić information content (AvgIpc) is 2.74. The zero-order valence-corrected chi connectivity index (χ0v) is 12.3. The lowest BCUT2D eigenvalue weighted by Crippen LogP contribution is -2.15. The molecule has 0 amide bonds. The Morgan fingerprint density at radius 1 is 1.17 bits per heavy atom. The monoisotopic (exact) mass is 251 g/mol. The molecular formula is C15H29N3. The maximum absolute atomic E-state index is 6.26. The van der Waals surface area contributed by atoms with Crippen molar-refractivity contribution >= 4 is 0 Å². The maximum Gasteiger partial charge on any atom is 0.0597 e. The summed E-state index contributed by atoms with van der Waals surface area (Å²) in [5, 5.41) is 4.46. The first-order chi connectivity index (χ1) is 8.69. The fourth-order valence-corrected chi connectivity index (χ4v) is 2.41. The lowest BCUT2D eigenvalue weighted by molar-refractivity contribution is 0.508. The van der Waals surface area contributed by atoms with E-state index in [0.717, 1.165) is 18.7 Å². The SMILES string of the molecule is CCCCCCCCC(N)c1cc(C)nn1CC. The number of rotatable bonds is 9. The van der Waals surface area contributed by atoms with Gasteiger partial charge in [-0.2, -0.15) is 5.10 Å². The van der Waals surface area contributed by atoms with E-state index in [4.69, 9.17) is 5.73 Å². The number of aryl methyl sites for hydroxylation is 2. The molecule has 2 N–H and O–H groups in total. The standard InChI is InChI=1S/C15H29N3/c1-4-6-7-8-9-10-11-14(16)15-12-13(3)17-18(15)5-2/h12,14H,4-11,16H2,1-3H3. The largest absolute Gasteiger partial charge is 0.323 e. The number of hydrogen-bond acceptors (Lipinski definition) is 2. The van der Waals surface area contributed by atoms with E-state index in [-0.39, 0.29) is 6.04 Å². The normalized spacial score (nSPS) is 12.9. The van der Waals surface area contributed by atoms with Gasteiger partial charge in [0, 0.05) is 12.6 Å². The van der Waals surface area contributed by atoms with E-state index in [0.29, 0.717) is 0 Å². The summed E-state index contributed by atoms with van der Waals surface area (Å²) in [5.74, 6) is 0. The van der Waals surface area contributed by atoms with Crippen LogP contribution in [0.3, 0.4) is 0 Å². The van der Waals surface area contributed by atoms with Gasteiger partial charge >= 0.3 is 0 Å². The molecule has 1 rings (SSSR count). The molecule has 1 aromatic heterocycles. The Bertz CT molecular complexity index is 330. The quantitative estimate of drug-likeness (QED) is 0.675. The van der Waals surface area contributed by atoms with E-state index in [1.165, 1.54) is 44.2 Å². The molecule has 0 spiro atoms. The Balaban J connectivity index is 2.29. The lowest BCUT2D eigenvalue weighted by Gasteiger charge is -2.13. The number of unbranched alkanes of at least 4 members (excludes halogenated alkanes) is 5. The van der Waals surface area contributed by atoms with Gasteiger partial charge in [0.2, 0.25) is 0 Å². The van der Waals surface area contributed by atoms with Crippen LogP contribution in [0.4, 0.5) is 0 Å². The molecule has 104 valence electrons. The van der Waals surface area contributed by atoms with Crippen molar-refractivity contribution in [2.24, 2.45) is 5.73 Å². The minimum atomic E-state index is 0.150. The average molecular weight is 251 g/mol. The summed E-state index contributed by atoms with van der Waals surface area (Å²) in [4.78, 5) is 0. The predicted molar refractivity (Wildman–Crippen MR) is 77.6 cm³/mol. The molecule has 1 aromatic rings. The molecule has 1 unspecified atom stereocenters. The molecule has 0 bridgehead atoms. The van der Waals surface area contributed by atoms with Gasteiger partial charge in [0.05, 0.1) is 11.4 Å². The zero-order chi connectivity index (χ0) is 13.4. The number of aromatic nitrogens is 2. The number of hydrogen-bond donors (Lipinski definition) is 1. The molecule has 1 heterocycles. The molecule has 0 aliphatic heterocycles. The molecule has 0 fully saturated rings. The maximum atomic E-state index is 6.26. The van der Waals surface area contributed by atoms with E-state index < -0.39 is 0 Å². The van der Waals surface area contributed by atoms with Crippen molar-refractivity contribution in [2.45, 2.75) is 78.3 Å². The zero-order valence-electron chi connectivity index (χ0n) is 12.3. The Labute approximate surface area is 112 Å². The summed E-state index contributed by atoms with van der Waals surface area (Å²) in [6.45, 7) is 7.32. The van der Waals surface area contributed by atoms with Crippen LogP contribution in [0.2, 0.25) is 0 Å². The summed E-state index contributed by atoms with van der Waals surface area (Å²) >= 11 is 0. The molecular weight excluding hydrogens is 222 g/mol. The van der Waals surface area contributed by atoms with Gasteiger partial charge in [0.15, 0.2) is 0 Å². The van der Waals surface area contributed by atoms with E-state index >= 15 is 0 Å². The van der Waals surface area contributed by atoms with Crippen molar-refractivity contribution in [3.63, 3.8) is 0 Å². The summed E-state index contributed by atoms with van der Waals surface area (Å²) in [6.07, 6.45) is 9.04. The van der Waals surface area contributed by atoms with Crippen LogP contribution >= 0.6 is 0 Å². The van der Waals surface area contributed by atoms with Crippen molar-refractivity contribution in [1.82, 2.24) is 9.78 Å². The van der Waals surface area contributed by atoms with Crippen LogP contribution in [0.5, 0.6) is 0 Å². The first-order valence-corrected chi connectivity index (χ1v) is 7.49. The molecule has 0 saturated heterocycles. The number of nitrogens with two attached hydrogens (primary N) is 1. The summed E-state index contributed by atoms with van der Waals surface area (Å²) < 4.78 is 2.04. The third kappa shape index (κ3) is 4.81. The van der Waals surface area contributed by atoms with Crippen LogP contribution in [-0.2, 0) is 6.54 Å². The molecule has 0 aromatic carbocycles. The van der Waals surface area contributed by atoms with Crippen molar-refractivity contribution in [3.8, 4) is 0 Å². The highest BCUT2D eigenvalue weighted by molar-refractivity contribution is 5.12. The third-order valence-corrected chi connectivity index (χ3v) is 3.48. The van der Waals surface area contributed by atoms with Crippen LogP contribution in [0, 0.1) is 6.92 Å². The summed E-state index contributed by atoms with van der Waals surface area (Å²) in [5.41, 5.74) is 8.54. The van der Waals surface area contributed by atoms with Gasteiger partial charge in [0.1, 0.15) is 0 Å². The van der Waals surface area contributed by atoms with E-state index in [9.17, 15) is 0 Å². The van der Waals surface area contributed by atoms with Gasteiger partial charge in [-0.25, -0.2) is 0 Å². The highest BCUT2D eigenvalue weighted by Gasteiger charge is 2.12. The van der Waals surface area contributed by atoms with Crippen LogP contribution < -0.4 is 5.73 Å². The molecule has 0 aliphatic rings. The third-order valence-electron chi connectivity index (χ3n) is 3.48. The van der Waals surface area contributed by atoms with Gasteiger partial charge in [-0.15, -0.1) is 0 Å². The lowest BCUT2D eigenvalue weighted by atomic mass is 10.0. The van der Waals surface area contributed by atoms with Gasteiger partial charge < -0.3 is 5.73 Å². The van der Waals surface area contributed by atoms with E-state index in [1.54, 1.807) is 0 Å². The van der Waals surface area contributed by atoms with Crippen molar-refractivity contribution in [1.29, 1.82) is 0 Å². The van der Waals surface area contributed by atoms with Crippen LogP contribution in [0.15, 0.2) is 6.07 Å². The van der Waals surface area contributed by atoms with Crippen molar-refractivity contribution in [3.05, 3.63) is 17.5 Å². The second-order valence-corrected chi connectivity index (χ2v) is 5.19. The van der Waals surface area contributed by atoms with Crippen molar-refractivity contribution < 1.29 is 0 Å². The Morgan fingerprint density at radius 2 is 1.83 bits per heavy atom. The van der Waals surface area contributed by atoms with Gasteiger partial charge in [0.25, 0.3) is 0 Å². The molecule has 3 heteroatoms. The molecule has 0 aliphatic carbocycles. The topological polar surface area (TPSA) is 43.8 Å². The fraction of sp³-hybridized carbons (Fsp3) is 0.800. The van der Waals surface area contributed by atoms with E-state index in [1.807, 2.05) is 11.6 Å². The molecule has 0 saturated carbocycles. The van der Waals surface area contributed by atoms with E-state index in [2.05, 4.69) is 25.0 Å². The molecule has 1 atom stereocenters. The first-order valence-electron chi connectivity index (χ1n) is 7.49. The highest BCUT2D eigenvalue weighted by atomic mass is 15.3. The first kappa shape index (κ1) is 15.2. The van der Waals surface area contributed by atoms with Crippen LogP contribution in [-0.4, -0.2) is 9.78 Å². The molecule has 0 radical (unpaired) electrons. The minimum Gasteiger partial charge on any atom is -0.323 e. The second-order valence-electron chi connectivity index (χ2n) is 5.19. The molecule has 3 nitrogen and oxygen atoms in total.